The molecule has 0 atom stereocenters. The fourth-order valence-corrected chi connectivity index (χ4v) is 4.54. The van der Waals surface area contributed by atoms with Gasteiger partial charge in [0.1, 0.15) is 23.8 Å². The third kappa shape index (κ3) is 6.05. The molecule has 1 saturated heterocycles. The molecule has 0 spiro atoms. The summed E-state index contributed by atoms with van der Waals surface area (Å²) in [5, 5.41) is 2.60. The van der Waals surface area contributed by atoms with Gasteiger partial charge in [0.2, 0.25) is 0 Å². The number of amides is 1. The summed E-state index contributed by atoms with van der Waals surface area (Å²) in [4.78, 5) is 23.5. The predicted molar refractivity (Wildman–Crippen MR) is 143 cm³/mol. The molecule has 9 heteroatoms. The third-order valence-electron chi connectivity index (χ3n) is 5.34. The van der Waals surface area contributed by atoms with Crippen molar-refractivity contribution < 1.29 is 28.5 Å². The summed E-state index contributed by atoms with van der Waals surface area (Å²) >= 11 is 6.26. The van der Waals surface area contributed by atoms with Gasteiger partial charge in [-0.05, 0) is 53.1 Å². The number of carbonyl (C=O) groups is 2. The fourth-order valence-electron chi connectivity index (χ4n) is 3.49. The molecule has 36 heavy (non-hydrogen) atoms. The largest absolute Gasteiger partial charge is 0.493 e. The molecule has 1 aliphatic heterocycles. The van der Waals surface area contributed by atoms with Gasteiger partial charge in [0.05, 0.1) is 19.1 Å². The number of methoxy groups -OCH3 is 2. The first-order chi connectivity index (χ1) is 17.5. The number of carbonyl (C=O) groups excluding carboxylic acids is 2. The zero-order valence-electron chi connectivity index (χ0n) is 19.6. The summed E-state index contributed by atoms with van der Waals surface area (Å²) in [5.41, 5.74) is 3.20. The summed E-state index contributed by atoms with van der Waals surface area (Å²) < 4.78 is 23.4. The standard InChI is InChI=1S/C27H23NO6S2/c1-31-23-11-17(13-25-26(30)28-27(35)36-25)7-9-21(23)33-15-19-5-3-4-6-20(19)16-34-22-10-8-18(14-29)12-24(22)32-2/h3-14H,15-16H2,1-2H3,(H,28,30,35)/b25-13-. The van der Waals surface area contributed by atoms with Crippen LogP contribution in [0.2, 0.25) is 0 Å². The highest BCUT2D eigenvalue weighted by molar-refractivity contribution is 8.26. The average molecular weight is 522 g/mol. The van der Waals surface area contributed by atoms with E-state index in [1.54, 1.807) is 37.5 Å². The Morgan fingerprint density at radius 1 is 0.833 bits per heavy atom. The average Bonchev–Trinajstić information content (AvgIpc) is 3.22. The minimum absolute atomic E-state index is 0.208. The molecule has 0 aromatic heterocycles. The number of thioether (sulfide) groups is 1. The van der Waals surface area contributed by atoms with Crippen molar-refractivity contribution in [3.05, 3.63) is 87.8 Å². The molecule has 4 rings (SSSR count). The van der Waals surface area contributed by atoms with Crippen LogP contribution >= 0.6 is 24.0 Å². The van der Waals surface area contributed by atoms with Gasteiger partial charge in [-0.1, -0.05) is 54.3 Å². The van der Waals surface area contributed by atoms with Gasteiger partial charge in [0, 0.05) is 5.56 Å². The van der Waals surface area contributed by atoms with E-state index in [0.717, 1.165) is 23.0 Å². The van der Waals surface area contributed by atoms with Crippen LogP contribution in [0.25, 0.3) is 6.08 Å². The Morgan fingerprint density at radius 2 is 1.39 bits per heavy atom. The lowest BCUT2D eigenvalue weighted by Gasteiger charge is -2.15. The van der Waals surface area contributed by atoms with Crippen LogP contribution < -0.4 is 24.3 Å². The molecular weight excluding hydrogens is 498 g/mol. The van der Waals surface area contributed by atoms with E-state index in [9.17, 15) is 9.59 Å². The molecule has 0 saturated carbocycles. The Labute approximate surface area is 218 Å². The van der Waals surface area contributed by atoms with E-state index in [1.807, 2.05) is 36.4 Å². The molecule has 0 bridgehead atoms. The second-order valence-corrected chi connectivity index (χ2v) is 9.36. The van der Waals surface area contributed by atoms with Gasteiger partial charge in [0.15, 0.2) is 23.0 Å². The third-order valence-corrected chi connectivity index (χ3v) is 6.50. The van der Waals surface area contributed by atoms with Gasteiger partial charge in [0.25, 0.3) is 5.91 Å². The number of ether oxygens (including phenoxy) is 4. The first-order valence-electron chi connectivity index (χ1n) is 10.9. The van der Waals surface area contributed by atoms with E-state index in [0.29, 0.717) is 51.0 Å². The molecule has 3 aromatic carbocycles. The minimum atomic E-state index is -0.208. The molecule has 1 aliphatic rings. The molecular formula is C27H23NO6S2. The quantitative estimate of drug-likeness (QED) is 0.223. The van der Waals surface area contributed by atoms with Crippen molar-refractivity contribution in [3.63, 3.8) is 0 Å². The van der Waals surface area contributed by atoms with E-state index in [-0.39, 0.29) is 5.91 Å². The number of nitrogens with one attached hydrogen (secondary N) is 1. The van der Waals surface area contributed by atoms with Gasteiger partial charge in [-0.2, -0.15) is 0 Å². The normalized spacial score (nSPS) is 13.9. The molecule has 184 valence electrons. The van der Waals surface area contributed by atoms with Crippen LogP contribution in [-0.4, -0.2) is 30.7 Å². The molecule has 0 aliphatic carbocycles. The molecule has 1 amide bonds. The zero-order chi connectivity index (χ0) is 25.5. The lowest BCUT2D eigenvalue weighted by Crippen LogP contribution is -2.17. The van der Waals surface area contributed by atoms with Gasteiger partial charge in [-0.3, -0.25) is 9.59 Å². The maximum atomic E-state index is 11.9. The first-order valence-corrected chi connectivity index (χ1v) is 12.1. The molecule has 0 radical (unpaired) electrons. The van der Waals surface area contributed by atoms with Crippen LogP contribution in [0.4, 0.5) is 0 Å². The van der Waals surface area contributed by atoms with Gasteiger partial charge < -0.3 is 24.3 Å². The maximum absolute atomic E-state index is 11.9. The van der Waals surface area contributed by atoms with Crippen LogP contribution in [0.3, 0.4) is 0 Å². The number of rotatable bonds is 10. The Balaban J connectivity index is 1.46. The summed E-state index contributed by atoms with van der Waals surface area (Å²) in [7, 11) is 3.10. The van der Waals surface area contributed by atoms with Crippen molar-refractivity contribution in [2.45, 2.75) is 13.2 Å². The molecule has 1 heterocycles. The van der Waals surface area contributed by atoms with Crippen LogP contribution in [0, 0.1) is 0 Å². The predicted octanol–water partition coefficient (Wildman–Crippen LogP) is 5.16. The highest BCUT2D eigenvalue weighted by Gasteiger charge is 2.22. The number of hydrogen-bond acceptors (Lipinski definition) is 8. The lowest BCUT2D eigenvalue weighted by atomic mass is 10.1. The van der Waals surface area contributed by atoms with Crippen molar-refractivity contribution in [1.29, 1.82) is 0 Å². The molecule has 0 unspecified atom stereocenters. The van der Waals surface area contributed by atoms with Crippen molar-refractivity contribution in [2.24, 2.45) is 0 Å². The Bertz CT molecular complexity index is 1340. The number of thiocarbonyl (C=S) groups is 1. The molecule has 1 fully saturated rings. The van der Waals surface area contributed by atoms with E-state index in [4.69, 9.17) is 31.2 Å². The molecule has 1 N–H and O–H groups in total. The summed E-state index contributed by atoms with van der Waals surface area (Å²) in [5.74, 6) is 1.94. The maximum Gasteiger partial charge on any atom is 0.263 e. The SMILES string of the molecule is COc1cc(C=O)ccc1OCc1ccccc1COc1ccc(/C=C2\SC(=S)NC2=O)cc1OC. The van der Waals surface area contributed by atoms with Crippen LogP contribution in [0.5, 0.6) is 23.0 Å². The summed E-state index contributed by atoms with van der Waals surface area (Å²) in [6.45, 7) is 0.589. The van der Waals surface area contributed by atoms with Crippen molar-refractivity contribution >= 4 is 46.6 Å². The monoisotopic (exact) mass is 521 g/mol. The second-order valence-electron chi connectivity index (χ2n) is 7.64. The zero-order valence-corrected chi connectivity index (χ0v) is 21.2. The highest BCUT2D eigenvalue weighted by atomic mass is 32.2. The van der Waals surface area contributed by atoms with Crippen molar-refractivity contribution in [1.82, 2.24) is 5.32 Å². The van der Waals surface area contributed by atoms with Gasteiger partial charge in [-0.15, -0.1) is 0 Å². The summed E-state index contributed by atoms with van der Waals surface area (Å²) in [6.07, 6.45) is 2.52. The molecule has 7 nitrogen and oxygen atoms in total. The van der Waals surface area contributed by atoms with E-state index in [1.165, 1.54) is 18.9 Å². The van der Waals surface area contributed by atoms with Crippen LogP contribution in [0.15, 0.2) is 65.6 Å². The molecule has 3 aromatic rings. The lowest BCUT2D eigenvalue weighted by molar-refractivity contribution is -0.115. The number of hydrogen-bond donors (Lipinski definition) is 1. The van der Waals surface area contributed by atoms with E-state index in [2.05, 4.69) is 5.32 Å². The number of benzene rings is 3. The minimum Gasteiger partial charge on any atom is -0.493 e. The Kier molecular flexibility index (Phi) is 8.24. The fraction of sp³-hybridized carbons (Fsp3) is 0.148. The highest BCUT2D eigenvalue weighted by Crippen LogP contribution is 2.33. The van der Waals surface area contributed by atoms with Crippen molar-refractivity contribution in [3.8, 4) is 23.0 Å². The van der Waals surface area contributed by atoms with Gasteiger partial charge >= 0.3 is 0 Å². The summed E-state index contributed by atoms with van der Waals surface area (Å²) in [6, 6.07) is 18.3. The topological polar surface area (TPSA) is 83.1 Å². The first kappa shape index (κ1) is 25.3. The van der Waals surface area contributed by atoms with Crippen molar-refractivity contribution in [2.75, 3.05) is 14.2 Å². The Morgan fingerprint density at radius 3 is 1.89 bits per heavy atom. The van der Waals surface area contributed by atoms with E-state index >= 15 is 0 Å². The van der Waals surface area contributed by atoms with E-state index < -0.39 is 0 Å². The van der Waals surface area contributed by atoms with Gasteiger partial charge in [-0.25, -0.2) is 0 Å². The Hall–Kier alpha value is -3.82. The number of aldehydes is 1. The smallest absolute Gasteiger partial charge is 0.263 e. The van der Waals surface area contributed by atoms with Crippen LogP contribution in [-0.2, 0) is 18.0 Å². The van der Waals surface area contributed by atoms with Crippen LogP contribution in [0.1, 0.15) is 27.0 Å². The second kappa shape index (κ2) is 11.7.